The number of piperazine rings is 1. The van der Waals surface area contributed by atoms with E-state index < -0.39 is 0 Å². The first-order chi connectivity index (χ1) is 17.1. The van der Waals surface area contributed by atoms with Crippen LogP contribution in [0.1, 0.15) is 33.5 Å². The summed E-state index contributed by atoms with van der Waals surface area (Å²) in [4.78, 5) is 16.7. The topological polar surface area (TPSA) is 89.5 Å². The van der Waals surface area contributed by atoms with Crippen LogP contribution in [0.2, 0.25) is 0 Å². The van der Waals surface area contributed by atoms with E-state index in [0.717, 1.165) is 16.9 Å². The van der Waals surface area contributed by atoms with Crippen LogP contribution in [-0.2, 0) is 6.54 Å². The molecule has 0 unspecified atom stereocenters. The Morgan fingerprint density at radius 2 is 1.80 bits per heavy atom. The summed E-state index contributed by atoms with van der Waals surface area (Å²) in [6.07, 6.45) is 1.50. The number of rotatable bonds is 7. The second kappa shape index (κ2) is 10.1. The molecule has 2 aromatic carbocycles. The third-order valence-electron chi connectivity index (χ3n) is 6.18. The van der Waals surface area contributed by atoms with Crippen LogP contribution in [0.4, 0.5) is 4.39 Å². The number of ether oxygens (including phenoxy) is 1. The van der Waals surface area contributed by atoms with Crippen LogP contribution in [0.15, 0.2) is 71.3 Å². The van der Waals surface area contributed by atoms with Crippen LogP contribution >= 0.6 is 0 Å². The van der Waals surface area contributed by atoms with E-state index in [1.54, 1.807) is 41.0 Å². The molecule has 0 saturated carbocycles. The molecular weight excluding hydrogens is 451 g/mol. The highest BCUT2D eigenvalue weighted by Crippen LogP contribution is 2.29. The van der Waals surface area contributed by atoms with E-state index >= 15 is 0 Å². The van der Waals surface area contributed by atoms with E-state index in [4.69, 9.17) is 9.15 Å². The van der Waals surface area contributed by atoms with Crippen molar-refractivity contribution < 1.29 is 18.3 Å². The second-order valence-corrected chi connectivity index (χ2v) is 8.30. The van der Waals surface area contributed by atoms with Gasteiger partial charge in [0.05, 0.1) is 26.0 Å². The smallest absolute Gasteiger partial charge is 0.289 e. The molecule has 9 nitrogen and oxygen atoms in total. The van der Waals surface area contributed by atoms with Crippen LogP contribution in [0.3, 0.4) is 0 Å². The molecule has 5 rings (SSSR count). The minimum absolute atomic E-state index is 0.127. The summed E-state index contributed by atoms with van der Waals surface area (Å²) in [6.45, 7) is 2.73. The maximum Gasteiger partial charge on any atom is 0.289 e. The fourth-order valence-electron chi connectivity index (χ4n) is 4.33. The van der Waals surface area contributed by atoms with E-state index in [-0.39, 0.29) is 17.8 Å². The van der Waals surface area contributed by atoms with E-state index in [1.165, 1.54) is 18.4 Å². The van der Waals surface area contributed by atoms with Crippen molar-refractivity contribution in [2.45, 2.75) is 12.6 Å². The van der Waals surface area contributed by atoms with E-state index in [1.807, 2.05) is 24.3 Å². The second-order valence-electron chi connectivity index (χ2n) is 8.30. The minimum Gasteiger partial charge on any atom is -0.497 e. The van der Waals surface area contributed by atoms with Crippen molar-refractivity contribution in [3.05, 3.63) is 95.5 Å². The van der Waals surface area contributed by atoms with Crippen molar-refractivity contribution in [3.8, 4) is 5.75 Å². The molecule has 2 aromatic heterocycles. The first-order valence-corrected chi connectivity index (χ1v) is 11.3. The predicted octanol–water partition coefficient (Wildman–Crippen LogP) is 3.01. The largest absolute Gasteiger partial charge is 0.497 e. The Labute approximate surface area is 201 Å². The molecule has 4 aromatic rings. The maximum absolute atomic E-state index is 13.7. The molecule has 0 bridgehead atoms. The van der Waals surface area contributed by atoms with Crippen LogP contribution in [0.25, 0.3) is 0 Å². The zero-order valence-corrected chi connectivity index (χ0v) is 19.2. The fourth-order valence-corrected chi connectivity index (χ4v) is 4.33. The number of benzene rings is 2. The summed E-state index contributed by atoms with van der Waals surface area (Å²) in [5.74, 6) is 1.32. The third kappa shape index (κ3) is 4.92. The zero-order chi connectivity index (χ0) is 24.2. The van der Waals surface area contributed by atoms with E-state index in [2.05, 4.69) is 20.4 Å². The Morgan fingerprint density at radius 3 is 2.46 bits per heavy atom. The number of amides is 1. The molecule has 1 atom stereocenters. The molecule has 0 radical (unpaired) electrons. The average molecular weight is 477 g/mol. The Kier molecular flexibility index (Phi) is 6.53. The number of hydrogen-bond donors (Lipinski definition) is 0. The van der Waals surface area contributed by atoms with Gasteiger partial charge in [0.15, 0.2) is 11.6 Å². The molecular formula is C25H25FN6O3. The molecule has 1 saturated heterocycles. The van der Waals surface area contributed by atoms with Crippen molar-refractivity contribution in [1.82, 2.24) is 30.0 Å². The molecule has 1 aliphatic heterocycles. The van der Waals surface area contributed by atoms with Crippen molar-refractivity contribution >= 4 is 5.91 Å². The predicted molar refractivity (Wildman–Crippen MR) is 124 cm³/mol. The van der Waals surface area contributed by atoms with Crippen LogP contribution in [0.5, 0.6) is 5.75 Å². The van der Waals surface area contributed by atoms with Crippen LogP contribution < -0.4 is 4.74 Å². The van der Waals surface area contributed by atoms with Crippen molar-refractivity contribution in [2.24, 2.45) is 0 Å². The number of halogens is 1. The summed E-state index contributed by atoms with van der Waals surface area (Å²) >= 11 is 0. The van der Waals surface area contributed by atoms with Gasteiger partial charge in [0.25, 0.3) is 5.91 Å². The maximum atomic E-state index is 13.7. The highest BCUT2D eigenvalue weighted by atomic mass is 19.1. The molecule has 35 heavy (non-hydrogen) atoms. The summed E-state index contributed by atoms with van der Waals surface area (Å²) in [5.41, 5.74) is 1.90. The van der Waals surface area contributed by atoms with Gasteiger partial charge in [-0.05, 0) is 58.0 Å². The van der Waals surface area contributed by atoms with E-state index in [0.29, 0.717) is 44.3 Å². The Morgan fingerprint density at radius 1 is 1.06 bits per heavy atom. The fraction of sp³-hybridized carbons (Fsp3) is 0.280. The highest BCUT2D eigenvalue weighted by Gasteiger charge is 2.32. The van der Waals surface area contributed by atoms with Crippen molar-refractivity contribution in [1.29, 1.82) is 0 Å². The summed E-state index contributed by atoms with van der Waals surface area (Å²) in [7, 11) is 1.63. The van der Waals surface area contributed by atoms with Gasteiger partial charge in [-0.3, -0.25) is 9.69 Å². The van der Waals surface area contributed by atoms with Crippen molar-refractivity contribution in [2.75, 3.05) is 33.3 Å². The molecule has 1 amide bonds. The Bertz CT molecular complexity index is 1250. The normalized spacial score (nSPS) is 15.2. The minimum atomic E-state index is -0.306. The van der Waals surface area contributed by atoms with Gasteiger partial charge in [0.1, 0.15) is 11.6 Å². The van der Waals surface area contributed by atoms with Gasteiger partial charge in [-0.2, -0.15) is 0 Å². The van der Waals surface area contributed by atoms with Gasteiger partial charge in [-0.25, -0.2) is 9.07 Å². The Hall–Kier alpha value is -4.05. The first kappa shape index (κ1) is 22.7. The average Bonchev–Trinajstić information content (AvgIpc) is 3.59. The van der Waals surface area contributed by atoms with Gasteiger partial charge in [-0.15, -0.1) is 5.10 Å². The lowest BCUT2D eigenvalue weighted by Crippen LogP contribution is -2.50. The van der Waals surface area contributed by atoms with E-state index in [9.17, 15) is 9.18 Å². The quantitative estimate of drug-likeness (QED) is 0.405. The number of furan rings is 1. The third-order valence-corrected chi connectivity index (χ3v) is 6.18. The van der Waals surface area contributed by atoms with Gasteiger partial charge >= 0.3 is 0 Å². The first-order valence-electron chi connectivity index (χ1n) is 11.3. The molecule has 0 spiro atoms. The molecule has 10 heteroatoms. The number of hydrogen-bond acceptors (Lipinski definition) is 7. The molecule has 0 N–H and O–H groups in total. The summed E-state index contributed by atoms with van der Waals surface area (Å²) in [5, 5.41) is 12.5. The lowest BCUT2D eigenvalue weighted by Gasteiger charge is -2.38. The standard InChI is InChI=1S/C25H25FN6O3/c1-34-21-10-4-18(5-11-21)17-32-24(27-28-29-32)23(19-6-8-20(26)9-7-19)30-12-14-31(15-13-30)25(33)22-3-2-16-35-22/h2-11,16,23H,12-15,17H2,1H3/t23-/m0/s1. The number of carbonyl (C=O) groups excluding carboxylic acids is 1. The lowest BCUT2D eigenvalue weighted by molar-refractivity contribution is 0.0559. The number of nitrogens with zero attached hydrogens (tertiary/aromatic N) is 6. The monoisotopic (exact) mass is 476 g/mol. The van der Waals surface area contributed by atoms with Gasteiger partial charge in [0, 0.05) is 26.2 Å². The number of methoxy groups -OCH3 is 1. The van der Waals surface area contributed by atoms with Crippen molar-refractivity contribution in [3.63, 3.8) is 0 Å². The number of carbonyl (C=O) groups is 1. The summed E-state index contributed by atoms with van der Waals surface area (Å²) in [6, 6.07) is 17.2. The molecule has 1 fully saturated rings. The number of aromatic nitrogens is 4. The van der Waals surface area contributed by atoms with Gasteiger partial charge in [0.2, 0.25) is 0 Å². The summed E-state index contributed by atoms with van der Waals surface area (Å²) < 4.78 is 26.0. The number of tetrazole rings is 1. The van der Waals surface area contributed by atoms with Gasteiger partial charge in [-0.1, -0.05) is 24.3 Å². The molecule has 1 aliphatic rings. The molecule has 180 valence electrons. The lowest BCUT2D eigenvalue weighted by atomic mass is 10.0. The van der Waals surface area contributed by atoms with Crippen LogP contribution in [0, 0.1) is 5.82 Å². The van der Waals surface area contributed by atoms with Gasteiger partial charge < -0.3 is 14.1 Å². The molecule has 0 aliphatic carbocycles. The zero-order valence-electron chi connectivity index (χ0n) is 19.2. The SMILES string of the molecule is COc1ccc(Cn2nnnc2[C@H](c2ccc(F)cc2)N2CCN(C(=O)c3ccco3)CC2)cc1. The highest BCUT2D eigenvalue weighted by molar-refractivity contribution is 5.91. The van der Waals surface area contributed by atoms with Crippen LogP contribution in [-0.4, -0.2) is 69.2 Å². The molecule has 3 heterocycles. The Balaban J connectivity index is 1.39.